The van der Waals surface area contributed by atoms with Crippen molar-refractivity contribution in [3.8, 4) is 22.8 Å². The first kappa shape index (κ1) is 18.4. The number of hydrogen-bond donors (Lipinski definition) is 3. The Bertz CT molecular complexity index is 1170. The number of fused-ring (bicyclic) bond motifs is 1. The van der Waals surface area contributed by atoms with Gasteiger partial charge in [-0.1, -0.05) is 18.2 Å². The highest BCUT2D eigenvalue weighted by atomic mass is 16.5. The summed E-state index contributed by atoms with van der Waals surface area (Å²) in [4.78, 5) is 16.8. The van der Waals surface area contributed by atoms with Gasteiger partial charge in [0.15, 0.2) is 11.3 Å². The summed E-state index contributed by atoms with van der Waals surface area (Å²) in [7, 11) is 0. The number of aromatic carboxylic acids is 1. The maximum absolute atomic E-state index is 12.0. The van der Waals surface area contributed by atoms with E-state index in [9.17, 15) is 9.90 Å². The minimum atomic E-state index is -1.01. The molecule has 152 valence electrons. The first-order valence-corrected chi connectivity index (χ1v) is 10.1. The lowest BCUT2D eigenvalue weighted by molar-refractivity contribution is 0.0689. The fraction of sp³-hybridized carbons (Fsp3) is 0.217. The van der Waals surface area contributed by atoms with Crippen LogP contribution in [0.2, 0.25) is 0 Å². The monoisotopic (exact) mass is 402 g/mol. The molecule has 5 rings (SSSR count). The fourth-order valence-electron chi connectivity index (χ4n) is 4.08. The Morgan fingerprint density at radius 3 is 2.43 bits per heavy atom. The predicted molar refractivity (Wildman–Crippen MR) is 113 cm³/mol. The summed E-state index contributed by atoms with van der Waals surface area (Å²) in [5.74, 6) is 0.791. The molecule has 7 nitrogen and oxygen atoms in total. The number of nitrogens with one attached hydrogen (secondary N) is 2. The van der Waals surface area contributed by atoms with E-state index in [0.29, 0.717) is 23.0 Å². The molecule has 1 fully saturated rings. The number of para-hydroxylation sites is 1. The van der Waals surface area contributed by atoms with Crippen LogP contribution in [0.25, 0.3) is 16.9 Å². The molecule has 4 aromatic rings. The second kappa shape index (κ2) is 7.68. The van der Waals surface area contributed by atoms with Gasteiger partial charge in [0, 0.05) is 17.3 Å². The number of rotatable bonds is 5. The number of carbonyl (C=O) groups is 1. The first-order chi connectivity index (χ1) is 14.7. The lowest BCUT2D eigenvalue weighted by Gasteiger charge is -2.21. The Balaban J connectivity index is 1.51. The minimum Gasteiger partial charge on any atom is -0.476 e. The summed E-state index contributed by atoms with van der Waals surface area (Å²) in [5.41, 5.74) is 3.10. The van der Waals surface area contributed by atoms with Crippen molar-refractivity contribution in [1.82, 2.24) is 19.9 Å². The molecule has 7 heteroatoms. The molecule has 3 heterocycles. The van der Waals surface area contributed by atoms with Gasteiger partial charge >= 0.3 is 5.97 Å². The molecule has 0 atom stereocenters. The SMILES string of the molecule is O=C(O)c1c(-c2ccc(Oc3ccccc3)cc2)nc2c(C3CCNCC3)c[nH]n12. The zero-order valence-corrected chi connectivity index (χ0v) is 16.3. The number of piperidine rings is 1. The van der Waals surface area contributed by atoms with Crippen LogP contribution < -0.4 is 10.1 Å². The van der Waals surface area contributed by atoms with Gasteiger partial charge < -0.3 is 15.2 Å². The molecule has 1 saturated heterocycles. The van der Waals surface area contributed by atoms with Gasteiger partial charge in [-0.2, -0.15) is 0 Å². The summed E-state index contributed by atoms with van der Waals surface area (Å²) in [6, 6.07) is 16.9. The van der Waals surface area contributed by atoms with Gasteiger partial charge in [-0.25, -0.2) is 14.3 Å². The highest BCUT2D eigenvalue weighted by molar-refractivity contribution is 5.94. The zero-order valence-electron chi connectivity index (χ0n) is 16.3. The van der Waals surface area contributed by atoms with Gasteiger partial charge in [0.25, 0.3) is 0 Å². The molecule has 0 spiro atoms. The van der Waals surface area contributed by atoms with Gasteiger partial charge in [0.2, 0.25) is 0 Å². The lowest BCUT2D eigenvalue weighted by atomic mass is 9.92. The number of hydrogen-bond acceptors (Lipinski definition) is 4. The van der Waals surface area contributed by atoms with Crippen molar-refractivity contribution >= 4 is 11.6 Å². The normalized spacial score (nSPS) is 14.8. The highest BCUT2D eigenvalue weighted by Crippen LogP contribution is 2.33. The quantitative estimate of drug-likeness (QED) is 0.463. The van der Waals surface area contributed by atoms with E-state index in [2.05, 4.69) is 10.4 Å². The fourth-order valence-corrected chi connectivity index (χ4v) is 4.08. The van der Waals surface area contributed by atoms with Crippen molar-refractivity contribution in [1.29, 1.82) is 0 Å². The largest absolute Gasteiger partial charge is 0.476 e. The summed E-state index contributed by atoms with van der Waals surface area (Å²) in [5, 5.41) is 16.3. The lowest BCUT2D eigenvalue weighted by Crippen LogP contribution is -2.26. The molecule has 0 saturated carbocycles. The average molecular weight is 402 g/mol. The van der Waals surface area contributed by atoms with Crippen LogP contribution in [0.4, 0.5) is 0 Å². The molecule has 3 N–H and O–H groups in total. The van der Waals surface area contributed by atoms with Crippen molar-refractivity contribution < 1.29 is 14.6 Å². The van der Waals surface area contributed by atoms with Crippen LogP contribution in [-0.2, 0) is 0 Å². The number of carboxylic acids is 1. The molecular formula is C23H22N4O3. The number of carboxylic acid groups (broad SMARTS) is 1. The van der Waals surface area contributed by atoms with Crippen molar-refractivity contribution in [3.63, 3.8) is 0 Å². The number of nitrogens with zero attached hydrogens (tertiary/aromatic N) is 2. The van der Waals surface area contributed by atoms with Gasteiger partial charge in [-0.05, 0) is 68.2 Å². The third kappa shape index (κ3) is 3.33. The molecule has 0 amide bonds. The average Bonchev–Trinajstić information content (AvgIpc) is 3.35. The molecule has 1 aliphatic heterocycles. The van der Waals surface area contributed by atoms with E-state index in [1.54, 1.807) is 4.52 Å². The third-order valence-corrected chi connectivity index (χ3v) is 5.57. The molecule has 0 bridgehead atoms. The molecule has 0 aliphatic carbocycles. The first-order valence-electron chi connectivity index (χ1n) is 10.1. The van der Waals surface area contributed by atoms with Gasteiger partial charge in [0.1, 0.15) is 17.2 Å². The van der Waals surface area contributed by atoms with E-state index in [1.807, 2.05) is 60.8 Å². The Hall–Kier alpha value is -3.58. The minimum absolute atomic E-state index is 0.141. The molecular weight excluding hydrogens is 380 g/mol. The van der Waals surface area contributed by atoms with E-state index in [0.717, 1.165) is 42.8 Å². The van der Waals surface area contributed by atoms with Crippen molar-refractivity contribution in [2.75, 3.05) is 13.1 Å². The summed E-state index contributed by atoms with van der Waals surface area (Å²) >= 11 is 0. The van der Waals surface area contributed by atoms with Gasteiger partial charge in [-0.3, -0.25) is 5.10 Å². The van der Waals surface area contributed by atoms with Crippen LogP contribution in [0.5, 0.6) is 11.5 Å². The number of ether oxygens (including phenoxy) is 1. The molecule has 0 unspecified atom stereocenters. The van der Waals surface area contributed by atoms with E-state index >= 15 is 0 Å². The third-order valence-electron chi connectivity index (χ3n) is 5.57. The summed E-state index contributed by atoms with van der Waals surface area (Å²) in [6.07, 6.45) is 3.93. The maximum Gasteiger partial charge on any atom is 0.356 e. The molecule has 2 aromatic carbocycles. The Morgan fingerprint density at radius 2 is 1.73 bits per heavy atom. The smallest absolute Gasteiger partial charge is 0.356 e. The van der Waals surface area contributed by atoms with Gasteiger partial charge in [-0.15, -0.1) is 0 Å². The van der Waals surface area contributed by atoms with E-state index in [-0.39, 0.29) is 5.69 Å². The summed E-state index contributed by atoms with van der Waals surface area (Å²) in [6.45, 7) is 1.93. The van der Waals surface area contributed by atoms with E-state index < -0.39 is 5.97 Å². The predicted octanol–water partition coefficient (Wildman–Crippen LogP) is 4.29. The van der Waals surface area contributed by atoms with Crippen molar-refractivity contribution in [2.24, 2.45) is 0 Å². The number of aromatic amines is 1. The maximum atomic E-state index is 12.0. The second-order valence-corrected chi connectivity index (χ2v) is 7.47. The Labute approximate surface area is 173 Å². The van der Waals surface area contributed by atoms with E-state index in [1.165, 1.54) is 0 Å². The van der Waals surface area contributed by atoms with Crippen LogP contribution in [-0.4, -0.2) is 38.8 Å². The molecule has 1 aliphatic rings. The van der Waals surface area contributed by atoms with Crippen LogP contribution in [0.15, 0.2) is 60.8 Å². The summed E-state index contributed by atoms with van der Waals surface area (Å²) < 4.78 is 7.42. The Morgan fingerprint density at radius 1 is 1.03 bits per heavy atom. The van der Waals surface area contributed by atoms with E-state index in [4.69, 9.17) is 9.72 Å². The van der Waals surface area contributed by atoms with Crippen molar-refractivity contribution in [2.45, 2.75) is 18.8 Å². The number of aromatic nitrogens is 3. The number of imidazole rings is 1. The van der Waals surface area contributed by atoms with Crippen LogP contribution in [0.1, 0.15) is 34.8 Å². The van der Waals surface area contributed by atoms with Gasteiger partial charge in [0.05, 0.1) is 0 Å². The number of benzene rings is 2. The van der Waals surface area contributed by atoms with Crippen LogP contribution >= 0.6 is 0 Å². The number of H-pyrrole nitrogens is 1. The zero-order chi connectivity index (χ0) is 20.5. The molecule has 2 aromatic heterocycles. The molecule has 0 radical (unpaired) electrons. The second-order valence-electron chi connectivity index (χ2n) is 7.47. The standard InChI is InChI=1S/C23H22N4O3/c28-23(29)21-20(16-6-8-18(9-7-16)30-17-4-2-1-3-5-17)26-22-19(14-25-27(21)22)15-10-12-24-13-11-15/h1-9,14-15,24-25H,10-13H2,(H,28,29). The van der Waals surface area contributed by atoms with Crippen LogP contribution in [0.3, 0.4) is 0 Å². The highest BCUT2D eigenvalue weighted by Gasteiger charge is 2.26. The van der Waals surface area contributed by atoms with Crippen LogP contribution in [0, 0.1) is 0 Å². The topological polar surface area (TPSA) is 91.7 Å². The van der Waals surface area contributed by atoms with Crippen molar-refractivity contribution in [3.05, 3.63) is 72.1 Å². The Kier molecular flexibility index (Phi) is 4.72. The molecule has 30 heavy (non-hydrogen) atoms.